The Labute approximate surface area is 130 Å². The largest absolute Gasteiger partial charge is 0.493 e. The number of hydrogen-bond acceptors (Lipinski definition) is 4. The second-order valence-electron chi connectivity index (χ2n) is 5.62. The molecule has 0 unspecified atom stereocenters. The first-order valence-corrected chi connectivity index (χ1v) is 7.54. The summed E-state index contributed by atoms with van der Waals surface area (Å²) in [5.41, 5.74) is -0.0929. The fourth-order valence-corrected chi connectivity index (χ4v) is 2.78. The van der Waals surface area contributed by atoms with Crippen molar-refractivity contribution in [2.75, 3.05) is 13.7 Å². The molecule has 0 bridgehead atoms. The van der Waals surface area contributed by atoms with Crippen LogP contribution in [0.1, 0.15) is 29.6 Å². The Morgan fingerprint density at radius 1 is 1.45 bits per heavy atom. The van der Waals surface area contributed by atoms with E-state index in [1.165, 1.54) is 19.2 Å². The molecule has 1 saturated heterocycles. The molecule has 1 heterocycles. The molecular formula is C16H19BFNO3. The quantitative estimate of drug-likeness (QED) is 0.618. The first-order valence-electron chi connectivity index (χ1n) is 7.54. The number of methoxy groups -OCH3 is 1. The lowest BCUT2D eigenvalue weighted by molar-refractivity contribution is 0.0595. The van der Waals surface area contributed by atoms with E-state index < -0.39 is 11.8 Å². The van der Waals surface area contributed by atoms with Gasteiger partial charge in [-0.2, -0.15) is 0 Å². The van der Waals surface area contributed by atoms with Gasteiger partial charge in [0, 0.05) is 12.0 Å². The van der Waals surface area contributed by atoms with Crippen LogP contribution in [-0.4, -0.2) is 26.4 Å². The molecule has 0 amide bonds. The van der Waals surface area contributed by atoms with E-state index >= 15 is 0 Å². The Hall–Kier alpha value is -2.03. The Kier molecular flexibility index (Phi) is 5.82. The van der Waals surface area contributed by atoms with E-state index in [0.717, 1.165) is 31.9 Å². The zero-order valence-electron chi connectivity index (χ0n) is 12.7. The molecule has 0 N–H and O–H groups in total. The smallest absolute Gasteiger partial charge is 0.340 e. The molecule has 0 spiro atoms. The summed E-state index contributed by atoms with van der Waals surface area (Å²) in [5, 5.41) is 8.86. The molecule has 0 aromatic heterocycles. The summed E-state index contributed by atoms with van der Waals surface area (Å²) in [6, 6.07) is 4.15. The van der Waals surface area contributed by atoms with Crippen molar-refractivity contribution in [1.29, 1.82) is 5.26 Å². The molecule has 22 heavy (non-hydrogen) atoms. The topological polar surface area (TPSA) is 59.3 Å². The number of benzene rings is 1. The van der Waals surface area contributed by atoms with Crippen LogP contribution in [0.15, 0.2) is 18.2 Å². The zero-order chi connectivity index (χ0) is 15.9. The maximum absolute atomic E-state index is 13.7. The van der Waals surface area contributed by atoms with Gasteiger partial charge >= 0.3 is 5.97 Å². The van der Waals surface area contributed by atoms with Gasteiger partial charge in [0.15, 0.2) is 0 Å². The van der Waals surface area contributed by atoms with Crippen molar-refractivity contribution in [1.82, 2.24) is 0 Å². The van der Waals surface area contributed by atoms with E-state index in [0.29, 0.717) is 18.3 Å². The van der Waals surface area contributed by atoms with Crippen LogP contribution in [0.3, 0.4) is 0 Å². The molecule has 4 nitrogen and oxygen atoms in total. The van der Waals surface area contributed by atoms with Crippen molar-refractivity contribution in [3.8, 4) is 11.7 Å². The molecule has 116 valence electrons. The molecule has 1 aromatic carbocycles. The number of ether oxygens (including phenoxy) is 2. The van der Waals surface area contributed by atoms with Crippen LogP contribution in [0.5, 0.6) is 5.75 Å². The molecule has 1 aromatic rings. The molecule has 0 aliphatic carbocycles. The number of halogens is 1. The number of carbonyl (C=O) groups is 1. The first kappa shape index (κ1) is 16.3. The Morgan fingerprint density at radius 3 is 2.77 bits per heavy atom. The minimum atomic E-state index is -0.696. The van der Waals surface area contributed by atoms with Gasteiger partial charge in [-0.3, -0.25) is 0 Å². The van der Waals surface area contributed by atoms with Gasteiger partial charge < -0.3 is 9.47 Å². The third-order valence-corrected chi connectivity index (χ3v) is 4.17. The highest BCUT2D eigenvalue weighted by molar-refractivity contribution is 6.67. The lowest BCUT2D eigenvalue weighted by Crippen LogP contribution is -2.21. The Morgan fingerprint density at radius 2 is 2.18 bits per heavy atom. The van der Waals surface area contributed by atoms with Crippen LogP contribution < -0.4 is 4.74 Å². The van der Waals surface area contributed by atoms with Gasteiger partial charge in [0.1, 0.15) is 11.6 Å². The third kappa shape index (κ3) is 4.23. The van der Waals surface area contributed by atoms with Gasteiger partial charge in [0.2, 0.25) is 0 Å². The maximum Gasteiger partial charge on any atom is 0.340 e. The highest BCUT2D eigenvalue weighted by atomic mass is 19.1. The number of nitrogens with zero attached hydrogens (tertiary/aromatic N) is 1. The number of carbonyl (C=O) groups excluding carboxylic acids is 1. The minimum absolute atomic E-state index is 0.0929. The second kappa shape index (κ2) is 7.83. The monoisotopic (exact) mass is 303 g/mol. The van der Waals surface area contributed by atoms with Gasteiger partial charge in [-0.05, 0) is 24.5 Å². The van der Waals surface area contributed by atoms with E-state index in [2.05, 4.69) is 10.7 Å². The van der Waals surface area contributed by atoms with Gasteiger partial charge in [0.25, 0.3) is 6.71 Å². The SMILES string of the molecule is COC(=O)c1ccc(OCCC2CCB(C#N)CC2)cc1F. The summed E-state index contributed by atoms with van der Waals surface area (Å²) in [5.74, 6) is 1.97. The summed E-state index contributed by atoms with van der Waals surface area (Å²) in [6.07, 6.45) is 4.93. The minimum Gasteiger partial charge on any atom is -0.493 e. The van der Waals surface area contributed by atoms with Crippen molar-refractivity contribution in [3.63, 3.8) is 0 Å². The molecule has 0 atom stereocenters. The Balaban J connectivity index is 1.79. The van der Waals surface area contributed by atoms with Crippen molar-refractivity contribution in [3.05, 3.63) is 29.6 Å². The van der Waals surface area contributed by atoms with E-state index in [-0.39, 0.29) is 12.3 Å². The Bertz CT molecular complexity index is 565. The lowest BCUT2D eigenvalue weighted by Gasteiger charge is -2.23. The van der Waals surface area contributed by atoms with Gasteiger partial charge in [0.05, 0.1) is 19.3 Å². The van der Waals surface area contributed by atoms with E-state index in [9.17, 15) is 9.18 Å². The van der Waals surface area contributed by atoms with Crippen molar-refractivity contribution < 1.29 is 18.7 Å². The summed E-state index contributed by atoms with van der Waals surface area (Å²) in [4.78, 5) is 11.3. The van der Waals surface area contributed by atoms with E-state index in [1.807, 2.05) is 0 Å². The maximum atomic E-state index is 13.7. The number of hydrogen-bond donors (Lipinski definition) is 0. The molecule has 1 aliphatic heterocycles. The molecule has 2 rings (SSSR count). The van der Waals surface area contributed by atoms with Crippen LogP contribution in [-0.2, 0) is 4.74 Å². The van der Waals surface area contributed by atoms with Gasteiger partial charge in [-0.1, -0.05) is 25.5 Å². The highest BCUT2D eigenvalue weighted by Gasteiger charge is 2.24. The van der Waals surface area contributed by atoms with Gasteiger partial charge in [-0.15, -0.1) is 0 Å². The normalized spacial score (nSPS) is 15.2. The first-order chi connectivity index (χ1) is 10.6. The van der Waals surface area contributed by atoms with Crippen LogP contribution in [0.25, 0.3) is 0 Å². The highest BCUT2D eigenvalue weighted by Crippen LogP contribution is 2.27. The summed E-state index contributed by atoms with van der Waals surface area (Å²) in [6.45, 7) is 0.718. The number of rotatable bonds is 5. The predicted octanol–water partition coefficient (Wildman–Crippen LogP) is 3.35. The van der Waals surface area contributed by atoms with Crippen molar-refractivity contribution in [2.45, 2.75) is 31.9 Å². The summed E-state index contributed by atoms with van der Waals surface area (Å²) >= 11 is 0. The fraction of sp³-hybridized carbons (Fsp3) is 0.500. The summed E-state index contributed by atoms with van der Waals surface area (Å²) in [7, 11) is 1.22. The standard InChI is InChI=1S/C16H19BFNO3/c1-21-16(20)14-3-2-13(10-15(14)18)22-9-6-12-4-7-17(11-19)8-5-12/h2-3,10,12H,4-9H2,1H3. The molecule has 0 radical (unpaired) electrons. The number of nitriles is 1. The number of esters is 1. The third-order valence-electron chi connectivity index (χ3n) is 4.17. The van der Waals surface area contributed by atoms with Gasteiger partial charge in [-0.25, -0.2) is 14.4 Å². The van der Waals surface area contributed by atoms with Crippen molar-refractivity contribution >= 4 is 12.7 Å². The zero-order valence-corrected chi connectivity index (χ0v) is 12.7. The molecule has 1 aliphatic rings. The van der Waals surface area contributed by atoms with Crippen LogP contribution in [0.4, 0.5) is 4.39 Å². The predicted molar refractivity (Wildman–Crippen MR) is 81.6 cm³/mol. The molecular weight excluding hydrogens is 284 g/mol. The lowest BCUT2D eigenvalue weighted by atomic mass is 9.41. The van der Waals surface area contributed by atoms with Crippen LogP contribution in [0, 0.1) is 23.0 Å². The van der Waals surface area contributed by atoms with E-state index in [1.54, 1.807) is 6.07 Å². The second-order valence-corrected chi connectivity index (χ2v) is 5.62. The molecule has 0 saturated carbocycles. The van der Waals surface area contributed by atoms with Crippen LogP contribution in [0.2, 0.25) is 12.6 Å². The average Bonchev–Trinajstić information content (AvgIpc) is 2.55. The average molecular weight is 303 g/mol. The van der Waals surface area contributed by atoms with Crippen LogP contribution >= 0.6 is 0 Å². The molecule has 1 fully saturated rings. The van der Waals surface area contributed by atoms with Crippen molar-refractivity contribution in [2.24, 2.45) is 5.92 Å². The summed E-state index contributed by atoms with van der Waals surface area (Å²) < 4.78 is 23.8. The molecule has 6 heteroatoms. The van der Waals surface area contributed by atoms with E-state index in [4.69, 9.17) is 10.00 Å². The fourth-order valence-electron chi connectivity index (χ4n) is 2.78.